The number of fused-ring (bicyclic) bond motifs is 1. The SMILES string of the molecule is ClC1=C2[C-]=CC=C2C(Cl)S1.[Cl-].[Cl-].[Cl-].[Zr+4]. The van der Waals surface area contributed by atoms with E-state index in [1.807, 2.05) is 12.2 Å². The Morgan fingerprint density at radius 3 is 2.36 bits per heavy atom. The molecule has 0 radical (unpaired) electrons. The van der Waals surface area contributed by atoms with E-state index >= 15 is 0 Å². The summed E-state index contributed by atoms with van der Waals surface area (Å²) in [5, 5.41) is 0. The van der Waals surface area contributed by atoms with Crippen molar-refractivity contribution in [2.24, 2.45) is 0 Å². The fourth-order valence-corrected chi connectivity index (χ4v) is 2.77. The number of hydrogen-bond donors (Lipinski definition) is 0. The number of allylic oxidation sites excluding steroid dienone is 4. The van der Waals surface area contributed by atoms with E-state index in [0.717, 1.165) is 15.5 Å². The van der Waals surface area contributed by atoms with Crippen molar-refractivity contribution >= 4 is 35.0 Å². The molecule has 76 valence electrons. The van der Waals surface area contributed by atoms with Crippen LogP contribution in [-0.2, 0) is 26.2 Å². The molecule has 1 atom stereocenters. The molecule has 1 heterocycles. The third-order valence-corrected chi connectivity index (χ3v) is 3.26. The number of hydrogen-bond acceptors (Lipinski definition) is 1. The van der Waals surface area contributed by atoms with Crippen molar-refractivity contribution in [2.75, 3.05) is 0 Å². The fourth-order valence-electron chi connectivity index (χ4n) is 0.954. The molecular weight excluding hydrogens is 385 g/mol. The minimum atomic E-state index is -0.00579. The van der Waals surface area contributed by atoms with Crippen LogP contribution in [0, 0.1) is 6.08 Å². The van der Waals surface area contributed by atoms with Crippen LogP contribution in [0.4, 0.5) is 0 Å². The van der Waals surface area contributed by atoms with Gasteiger partial charge in [-0.3, -0.25) is 0 Å². The Morgan fingerprint density at radius 2 is 1.86 bits per heavy atom. The van der Waals surface area contributed by atoms with Crippen LogP contribution in [0.15, 0.2) is 27.7 Å². The zero-order valence-electron chi connectivity index (χ0n) is 6.53. The Bertz CT molecular complexity index is 273. The van der Waals surface area contributed by atoms with Crippen molar-refractivity contribution < 1.29 is 63.4 Å². The van der Waals surface area contributed by atoms with E-state index in [0.29, 0.717) is 0 Å². The van der Waals surface area contributed by atoms with Gasteiger partial charge in [-0.1, -0.05) is 0 Å². The predicted octanol–water partition coefficient (Wildman–Crippen LogP) is -5.94. The van der Waals surface area contributed by atoms with E-state index in [4.69, 9.17) is 23.2 Å². The second-order valence-electron chi connectivity index (χ2n) is 2.02. The molecule has 2 aliphatic rings. The largest absolute Gasteiger partial charge is 4.00 e. The summed E-state index contributed by atoms with van der Waals surface area (Å²) in [5.74, 6) is 0. The molecule has 0 fully saturated rings. The van der Waals surface area contributed by atoms with Crippen LogP contribution in [0.2, 0.25) is 0 Å². The van der Waals surface area contributed by atoms with Gasteiger partial charge in [-0.05, 0) is 4.36 Å². The van der Waals surface area contributed by atoms with E-state index in [1.165, 1.54) is 11.8 Å². The smallest absolute Gasteiger partial charge is 1.00 e. The third kappa shape index (κ3) is 4.05. The molecule has 0 aromatic heterocycles. The molecule has 1 unspecified atom stereocenters. The molecule has 0 aromatic carbocycles. The Kier molecular flexibility index (Phi) is 13.6. The normalized spacial score (nSPS) is 21.0. The topological polar surface area (TPSA) is 0 Å². The van der Waals surface area contributed by atoms with Crippen LogP contribution in [0.1, 0.15) is 0 Å². The summed E-state index contributed by atoms with van der Waals surface area (Å²) in [5.41, 5.74) is 2.07. The summed E-state index contributed by atoms with van der Waals surface area (Å²) in [4.78, 5) is 0. The number of alkyl halides is 1. The Hall–Kier alpha value is 1.90. The molecule has 0 spiro atoms. The van der Waals surface area contributed by atoms with Gasteiger partial charge in [-0.25, -0.2) is 0 Å². The van der Waals surface area contributed by atoms with E-state index < -0.39 is 0 Å². The summed E-state index contributed by atoms with van der Waals surface area (Å²) in [7, 11) is 0. The first-order chi connectivity index (χ1) is 4.79. The van der Waals surface area contributed by atoms with Crippen molar-refractivity contribution in [3.8, 4) is 0 Å². The fraction of sp³-hybridized carbons (Fsp3) is 0.143. The van der Waals surface area contributed by atoms with Gasteiger partial charge in [0, 0.05) is 0 Å². The second-order valence-corrected chi connectivity index (χ2v) is 4.43. The molecule has 0 N–H and O–H groups in total. The van der Waals surface area contributed by atoms with E-state index in [1.54, 1.807) is 0 Å². The van der Waals surface area contributed by atoms with Gasteiger partial charge in [-0.15, -0.1) is 40.4 Å². The standard InChI is InChI=1S/C7H3Cl2S.3ClH.Zr/c8-6-4-2-1-3-5(4)7(9)10-6;;;;/h1-2,6H;3*1H;/q-1;;;;+4/p-3. The Balaban J connectivity index is -0.000000302. The maximum Gasteiger partial charge on any atom is 4.00 e. The van der Waals surface area contributed by atoms with Crippen LogP contribution in [0.25, 0.3) is 0 Å². The molecule has 0 nitrogen and oxygen atoms in total. The Morgan fingerprint density at radius 1 is 1.29 bits per heavy atom. The molecule has 0 aromatic rings. The molecule has 7 heteroatoms. The number of thioether (sulfide) groups is 1. The zero-order valence-corrected chi connectivity index (χ0v) is 13.6. The van der Waals surface area contributed by atoms with E-state index in [-0.39, 0.29) is 68.1 Å². The maximum absolute atomic E-state index is 5.92. The first-order valence-corrected chi connectivity index (χ1v) is 4.49. The Labute approximate surface area is 135 Å². The first kappa shape index (κ1) is 21.2. The van der Waals surface area contributed by atoms with Gasteiger partial charge in [-0.2, -0.15) is 23.9 Å². The summed E-state index contributed by atoms with van der Waals surface area (Å²) >= 11 is 13.2. The number of rotatable bonds is 0. The summed E-state index contributed by atoms with van der Waals surface area (Å²) in [6.45, 7) is 0. The molecule has 0 saturated heterocycles. The molecule has 0 bridgehead atoms. The van der Waals surface area contributed by atoms with Gasteiger partial charge in [0.25, 0.3) is 0 Å². The van der Waals surface area contributed by atoms with Gasteiger partial charge in [0.1, 0.15) is 0 Å². The van der Waals surface area contributed by atoms with Crippen LogP contribution in [0.3, 0.4) is 0 Å². The molecule has 0 amide bonds. The van der Waals surface area contributed by atoms with Gasteiger partial charge in [0.2, 0.25) is 0 Å². The van der Waals surface area contributed by atoms with Crippen LogP contribution >= 0.6 is 35.0 Å². The van der Waals surface area contributed by atoms with Gasteiger partial charge < -0.3 is 37.2 Å². The first-order valence-electron chi connectivity index (χ1n) is 2.80. The molecule has 0 saturated carbocycles. The van der Waals surface area contributed by atoms with Crippen molar-refractivity contribution in [3.63, 3.8) is 0 Å². The predicted molar refractivity (Wildman–Crippen MR) is 46.0 cm³/mol. The van der Waals surface area contributed by atoms with Crippen molar-refractivity contribution in [1.29, 1.82) is 0 Å². The third-order valence-electron chi connectivity index (χ3n) is 1.43. The average Bonchev–Trinajstić information content (AvgIpc) is 2.39. The van der Waals surface area contributed by atoms with Crippen molar-refractivity contribution in [1.82, 2.24) is 0 Å². The van der Waals surface area contributed by atoms with Gasteiger partial charge in [0.05, 0.1) is 4.71 Å². The van der Waals surface area contributed by atoms with Crippen molar-refractivity contribution in [3.05, 3.63) is 33.7 Å². The molecule has 1 aliphatic heterocycles. The van der Waals surface area contributed by atoms with E-state index in [9.17, 15) is 0 Å². The second kappa shape index (κ2) is 8.99. The van der Waals surface area contributed by atoms with Gasteiger partial charge in [0.15, 0.2) is 0 Å². The minimum Gasteiger partial charge on any atom is -1.00 e. The average molecular weight is 388 g/mol. The van der Waals surface area contributed by atoms with Gasteiger partial charge >= 0.3 is 26.2 Å². The molecule has 2 rings (SSSR count). The summed E-state index contributed by atoms with van der Waals surface area (Å²) in [6, 6.07) is 0. The monoisotopic (exact) mass is 384 g/mol. The van der Waals surface area contributed by atoms with Crippen molar-refractivity contribution in [2.45, 2.75) is 4.71 Å². The molecule has 14 heavy (non-hydrogen) atoms. The zero-order chi connectivity index (χ0) is 7.14. The van der Waals surface area contributed by atoms with Crippen LogP contribution in [0.5, 0.6) is 0 Å². The summed E-state index contributed by atoms with van der Waals surface area (Å²) in [6.07, 6.45) is 6.83. The van der Waals surface area contributed by atoms with Crippen LogP contribution < -0.4 is 37.2 Å². The molecular formula is C7H3Cl5SZr. The minimum absolute atomic E-state index is 0. The quantitative estimate of drug-likeness (QED) is 0.295. The number of halogens is 5. The summed E-state index contributed by atoms with van der Waals surface area (Å²) < 4.78 is 0.758. The molecule has 1 aliphatic carbocycles. The van der Waals surface area contributed by atoms with E-state index in [2.05, 4.69) is 6.08 Å². The van der Waals surface area contributed by atoms with Crippen LogP contribution in [-0.4, -0.2) is 4.71 Å². The maximum atomic E-state index is 5.92.